The van der Waals surface area contributed by atoms with Crippen LogP contribution in [0.15, 0.2) is 18.2 Å². The second kappa shape index (κ2) is 10.1. The van der Waals surface area contributed by atoms with Crippen molar-refractivity contribution in [2.24, 2.45) is 0 Å². The number of carbonyl (C=O) groups excluding carboxylic acids is 1. The molecule has 0 radical (unpaired) electrons. The molecular weight excluding hydrogens is 360 g/mol. The topological polar surface area (TPSA) is 57.7 Å². The third-order valence-electron chi connectivity index (χ3n) is 4.82. The molecule has 0 spiro atoms. The molecule has 1 fully saturated rings. The van der Waals surface area contributed by atoms with E-state index in [9.17, 15) is 4.79 Å². The highest BCUT2D eigenvalue weighted by molar-refractivity contribution is 7.22. The van der Waals surface area contributed by atoms with E-state index in [1.165, 1.54) is 18.4 Å². The van der Waals surface area contributed by atoms with E-state index in [1.807, 2.05) is 0 Å². The minimum absolute atomic E-state index is 0.0333. The molecule has 1 aromatic carbocycles. The summed E-state index contributed by atoms with van der Waals surface area (Å²) < 4.78 is 6.53. The van der Waals surface area contributed by atoms with Crippen LogP contribution < -0.4 is 5.32 Å². The summed E-state index contributed by atoms with van der Waals surface area (Å²) in [5, 5.41) is 3.65. The Kier molecular flexibility index (Phi) is 7.58. The van der Waals surface area contributed by atoms with Gasteiger partial charge in [0.05, 0.1) is 23.4 Å². The maximum Gasteiger partial charge on any atom is 0.227 e. The lowest BCUT2D eigenvalue weighted by atomic mass is 10.2. The number of unbranched alkanes of at least 4 members (excludes halogenated alkanes) is 1. The Balaban J connectivity index is 1.53. The molecule has 7 heteroatoms. The van der Waals surface area contributed by atoms with E-state index in [2.05, 4.69) is 52.3 Å². The minimum atomic E-state index is 0.0333. The first-order valence-electron chi connectivity index (χ1n) is 9.82. The van der Waals surface area contributed by atoms with Crippen LogP contribution in [-0.4, -0.2) is 67.1 Å². The largest absolute Gasteiger partial charge is 0.379 e. The van der Waals surface area contributed by atoms with E-state index >= 15 is 0 Å². The maximum absolute atomic E-state index is 12.2. The van der Waals surface area contributed by atoms with Crippen molar-refractivity contribution in [3.05, 3.63) is 23.8 Å². The molecule has 27 heavy (non-hydrogen) atoms. The quantitative estimate of drug-likeness (QED) is 0.713. The first-order chi connectivity index (χ1) is 13.1. The van der Waals surface area contributed by atoms with Gasteiger partial charge in [-0.3, -0.25) is 9.69 Å². The fourth-order valence-corrected chi connectivity index (χ4v) is 4.10. The molecule has 6 nitrogen and oxygen atoms in total. The molecule has 1 amide bonds. The number of hydrogen-bond donors (Lipinski definition) is 1. The van der Waals surface area contributed by atoms with Gasteiger partial charge in [-0.2, -0.15) is 0 Å². The zero-order chi connectivity index (χ0) is 19.1. The maximum atomic E-state index is 12.2. The van der Waals surface area contributed by atoms with E-state index < -0.39 is 0 Å². The number of carbonyl (C=O) groups is 1. The van der Waals surface area contributed by atoms with Crippen molar-refractivity contribution < 1.29 is 9.53 Å². The highest BCUT2D eigenvalue weighted by atomic mass is 32.1. The standard InChI is InChI=1S/C20H30N4O2S/c1-3-4-8-23(2)9-7-19(25)22-20-21-17-6-5-16(14-18(17)27-20)15-24-10-12-26-13-11-24/h5-6,14H,3-4,7-13,15H2,1-2H3,(H,21,22,25). The Morgan fingerprint density at radius 2 is 2.15 bits per heavy atom. The highest BCUT2D eigenvalue weighted by Crippen LogP contribution is 2.27. The third kappa shape index (κ3) is 6.24. The van der Waals surface area contributed by atoms with Gasteiger partial charge >= 0.3 is 0 Å². The summed E-state index contributed by atoms with van der Waals surface area (Å²) in [6.07, 6.45) is 2.84. The van der Waals surface area contributed by atoms with Gasteiger partial charge in [0.15, 0.2) is 5.13 Å². The monoisotopic (exact) mass is 390 g/mol. The lowest BCUT2D eigenvalue weighted by molar-refractivity contribution is -0.116. The van der Waals surface area contributed by atoms with Gasteiger partial charge in [-0.25, -0.2) is 4.98 Å². The van der Waals surface area contributed by atoms with Crippen molar-refractivity contribution in [2.45, 2.75) is 32.7 Å². The second-order valence-corrected chi connectivity index (χ2v) is 8.20. The summed E-state index contributed by atoms with van der Waals surface area (Å²) in [5.41, 5.74) is 2.23. The summed E-state index contributed by atoms with van der Waals surface area (Å²) >= 11 is 1.55. The van der Waals surface area contributed by atoms with E-state index in [-0.39, 0.29) is 5.91 Å². The van der Waals surface area contributed by atoms with Crippen LogP contribution in [-0.2, 0) is 16.1 Å². The number of fused-ring (bicyclic) bond motifs is 1. The van der Waals surface area contributed by atoms with Crippen molar-refractivity contribution in [3.8, 4) is 0 Å². The summed E-state index contributed by atoms with van der Waals surface area (Å²) in [6, 6.07) is 6.37. The molecule has 2 aromatic rings. The van der Waals surface area contributed by atoms with Crippen LogP contribution in [0.2, 0.25) is 0 Å². The van der Waals surface area contributed by atoms with E-state index in [0.29, 0.717) is 11.6 Å². The molecule has 148 valence electrons. The number of benzene rings is 1. The predicted molar refractivity (Wildman–Crippen MR) is 111 cm³/mol. The number of anilines is 1. The average molecular weight is 391 g/mol. The Hall–Kier alpha value is -1.54. The summed E-state index contributed by atoms with van der Waals surface area (Å²) in [6.45, 7) is 8.52. The fraction of sp³-hybridized carbons (Fsp3) is 0.600. The molecule has 0 atom stereocenters. The van der Waals surface area contributed by atoms with Gasteiger partial charge in [0.2, 0.25) is 5.91 Å². The number of hydrogen-bond acceptors (Lipinski definition) is 6. The SMILES string of the molecule is CCCCN(C)CCC(=O)Nc1nc2ccc(CN3CCOCC3)cc2s1. The van der Waals surface area contributed by atoms with Crippen molar-refractivity contribution in [1.82, 2.24) is 14.8 Å². The molecule has 0 bridgehead atoms. The van der Waals surface area contributed by atoms with Gasteiger partial charge in [0, 0.05) is 32.6 Å². The molecule has 0 unspecified atom stereocenters. The van der Waals surface area contributed by atoms with Crippen LogP contribution in [0.1, 0.15) is 31.7 Å². The lowest BCUT2D eigenvalue weighted by Gasteiger charge is -2.26. The van der Waals surface area contributed by atoms with E-state index in [4.69, 9.17) is 4.74 Å². The summed E-state index contributed by atoms with van der Waals surface area (Å²) in [7, 11) is 2.07. The lowest BCUT2D eigenvalue weighted by Crippen LogP contribution is -2.35. The van der Waals surface area contributed by atoms with Crippen molar-refractivity contribution in [3.63, 3.8) is 0 Å². The number of amides is 1. The smallest absolute Gasteiger partial charge is 0.227 e. The van der Waals surface area contributed by atoms with Crippen molar-refractivity contribution in [2.75, 3.05) is 51.8 Å². The van der Waals surface area contributed by atoms with Crippen LogP contribution in [0.25, 0.3) is 10.2 Å². The average Bonchev–Trinajstić information content (AvgIpc) is 3.07. The van der Waals surface area contributed by atoms with Gasteiger partial charge in [0.1, 0.15) is 0 Å². The number of aromatic nitrogens is 1. The van der Waals surface area contributed by atoms with E-state index in [0.717, 1.165) is 56.2 Å². The number of thiazole rings is 1. The van der Waals surface area contributed by atoms with E-state index in [1.54, 1.807) is 11.3 Å². The number of rotatable bonds is 9. The molecular formula is C20H30N4O2S. The molecule has 0 saturated carbocycles. The van der Waals surface area contributed by atoms with Crippen molar-refractivity contribution >= 4 is 32.6 Å². The fourth-order valence-electron chi connectivity index (χ4n) is 3.15. The first kappa shape index (κ1) is 20.2. The molecule has 1 N–H and O–H groups in total. The number of nitrogens with one attached hydrogen (secondary N) is 1. The summed E-state index contributed by atoms with van der Waals surface area (Å²) in [4.78, 5) is 21.4. The minimum Gasteiger partial charge on any atom is -0.379 e. The van der Waals surface area contributed by atoms with Gasteiger partial charge < -0.3 is 15.0 Å². The van der Waals surface area contributed by atoms with Crippen LogP contribution in [0.5, 0.6) is 0 Å². The molecule has 1 aromatic heterocycles. The zero-order valence-electron chi connectivity index (χ0n) is 16.4. The van der Waals surface area contributed by atoms with Crippen LogP contribution in [0, 0.1) is 0 Å². The number of morpholine rings is 1. The molecule has 2 heterocycles. The second-order valence-electron chi connectivity index (χ2n) is 7.16. The number of nitrogens with zero attached hydrogens (tertiary/aromatic N) is 3. The Labute approximate surface area is 165 Å². The van der Waals surface area contributed by atoms with Gasteiger partial charge in [0.25, 0.3) is 0 Å². The molecule has 1 saturated heterocycles. The van der Waals surface area contributed by atoms with Crippen molar-refractivity contribution in [1.29, 1.82) is 0 Å². The van der Waals surface area contributed by atoms with Crippen LogP contribution in [0.3, 0.4) is 0 Å². The Morgan fingerprint density at radius 3 is 2.93 bits per heavy atom. The Bertz CT molecular complexity index is 743. The molecule has 3 rings (SSSR count). The molecule has 1 aliphatic rings. The highest BCUT2D eigenvalue weighted by Gasteiger charge is 2.13. The van der Waals surface area contributed by atoms with Crippen LogP contribution in [0.4, 0.5) is 5.13 Å². The molecule has 0 aliphatic carbocycles. The Morgan fingerprint density at radius 1 is 1.33 bits per heavy atom. The third-order valence-corrected chi connectivity index (χ3v) is 5.76. The van der Waals surface area contributed by atoms with Crippen LogP contribution >= 0.6 is 11.3 Å². The van der Waals surface area contributed by atoms with Gasteiger partial charge in [-0.1, -0.05) is 30.7 Å². The summed E-state index contributed by atoms with van der Waals surface area (Å²) in [5.74, 6) is 0.0333. The zero-order valence-corrected chi connectivity index (χ0v) is 17.2. The molecule has 1 aliphatic heterocycles. The number of ether oxygens (including phenoxy) is 1. The van der Waals surface area contributed by atoms with Gasteiger partial charge in [-0.15, -0.1) is 0 Å². The predicted octanol–water partition coefficient (Wildman–Crippen LogP) is 3.19. The normalized spacial score (nSPS) is 15.5. The van der Waals surface area contributed by atoms with Gasteiger partial charge in [-0.05, 0) is 37.7 Å². The first-order valence-corrected chi connectivity index (χ1v) is 10.6.